The maximum absolute atomic E-state index is 11.9. The van der Waals surface area contributed by atoms with E-state index in [0.29, 0.717) is 23.7 Å². The predicted octanol–water partition coefficient (Wildman–Crippen LogP) is 4.82. The van der Waals surface area contributed by atoms with E-state index in [0.717, 1.165) is 31.2 Å². The number of aromatic amines is 1. The number of carboxylic acid groups (broad SMARTS) is 1. The van der Waals surface area contributed by atoms with Crippen LogP contribution in [0.2, 0.25) is 0 Å². The average Bonchev–Trinajstić information content (AvgIpc) is 3.33. The fraction of sp³-hybridized carbons (Fsp3) is 0.458. The van der Waals surface area contributed by atoms with Crippen LogP contribution >= 0.6 is 11.8 Å². The molecule has 1 atom stereocenters. The summed E-state index contributed by atoms with van der Waals surface area (Å²) in [5.74, 6) is 0.323. The Labute approximate surface area is 193 Å². The SMILES string of the molecule is O=C(O)C(SCCc1nn[nH]n1)c1ncccc1CCCCCCCCc1ccccc1. The summed E-state index contributed by atoms with van der Waals surface area (Å²) in [6, 6.07) is 14.6. The van der Waals surface area contributed by atoms with Crippen LogP contribution in [0.4, 0.5) is 0 Å². The van der Waals surface area contributed by atoms with Crippen molar-refractivity contribution in [2.45, 2.75) is 63.0 Å². The lowest BCUT2D eigenvalue weighted by atomic mass is 10.0. The van der Waals surface area contributed by atoms with Gasteiger partial charge in [-0.05, 0) is 42.9 Å². The van der Waals surface area contributed by atoms with Gasteiger partial charge in [-0.2, -0.15) is 5.21 Å². The Kier molecular flexibility index (Phi) is 10.2. The highest BCUT2D eigenvalue weighted by Gasteiger charge is 2.24. The quantitative estimate of drug-likeness (QED) is 0.318. The van der Waals surface area contributed by atoms with Crippen LogP contribution in [0.1, 0.15) is 66.4 Å². The number of hydrogen-bond donors (Lipinski definition) is 2. The predicted molar refractivity (Wildman–Crippen MR) is 127 cm³/mol. The highest BCUT2D eigenvalue weighted by atomic mass is 32.2. The second kappa shape index (κ2) is 13.6. The number of nitrogens with one attached hydrogen (secondary N) is 1. The second-order valence-electron chi connectivity index (χ2n) is 7.82. The number of aryl methyl sites for hydroxylation is 3. The van der Waals surface area contributed by atoms with Gasteiger partial charge in [0.15, 0.2) is 5.82 Å². The van der Waals surface area contributed by atoms with Crippen LogP contribution in [0, 0.1) is 0 Å². The van der Waals surface area contributed by atoms with Crippen LogP contribution in [0.3, 0.4) is 0 Å². The van der Waals surface area contributed by atoms with E-state index in [2.05, 4.69) is 55.9 Å². The molecule has 2 heterocycles. The Morgan fingerprint density at radius 2 is 1.69 bits per heavy atom. The monoisotopic (exact) mass is 453 g/mol. The zero-order valence-corrected chi connectivity index (χ0v) is 19.1. The Bertz CT molecular complexity index is 921. The van der Waals surface area contributed by atoms with Crippen LogP contribution < -0.4 is 0 Å². The number of nitrogens with zero attached hydrogens (tertiary/aromatic N) is 4. The lowest BCUT2D eigenvalue weighted by Crippen LogP contribution is -2.13. The van der Waals surface area contributed by atoms with Crippen LogP contribution in [0.25, 0.3) is 0 Å². The van der Waals surface area contributed by atoms with Gasteiger partial charge in [0.1, 0.15) is 5.25 Å². The first kappa shape index (κ1) is 23.9. The van der Waals surface area contributed by atoms with Crippen molar-refractivity contribution in [2.75, 3.05) is 5.75 Å². The highest BCUT2D eigenvalue weighted by Crippen LogP contribution is 2.31. The maximum Gasteiger partial charge on any atom is 0.322 e. The minimum absolute atomic E-state index is 0.567. The van der Waals surface area contributed by atoms with E-state index in [-0.39, 0.29) is 0 Å². The van der Waals surface area contributed by atoms with Crippen molar-refractivity contribution < 1.29 is 9.90 Å². The van der Waals surface area contributed by atoms with E-state index >= 15 is 0 Å². The third-order valence-corrected chi connectivity index (χ3v) is 6.60. The average molecular weight is 454 g/mol. The maximum atomic E-state index is 11.9. The van der Waals surface area contributed by atoms with Gasteiger partial charge in [-0.25, -0.2) is 0 Å². The van der Waals surface area contributed by atoms with Crippen molar-refractivity contribution in [3.8, 4) is 0 Å². The van der Waals surface area contributed by atoms with Crippen molar-refractivity contribution in [1.29, 1.82) is 0 Å². The lowest BCUT2D eigenvalue weighted by molar-refractivity contribution is -0.136. The van der Waals surface area contributed by atoms with E-state index in [1.165, 1.54) is 43.0 Å². The van der Waals surface area contributed by atoms with Gasteiger partial charge in [-0.1, -0.05) is 67.3 Å². The first-order valence-corrected chi connectivity index (χ1v) is 12.3. The number of hydrogen-bond acceptors (Lipinski definition) is 6. The van der Waals surface area contributed by atoms with Crippen molar-refractivity contribution >= 4 is 17.7 Å². The van der Waals surface area contributed by atoms with Crippen LogP contribution in [0.5, 0.6) is 0 Å². The number of carbonyl (C=O) groups is 1. The normalized spacial score (nSPS) is 12.0. The summed E-state index contributed by atoms with van der Waals surface area (Å²) in [7, 11) is 0. The first-order chi connectivity index (χ1) is 15.7. The topological polar surface area (TPSA) is 105 Å². The Morgan fingerprint density at radius 1 is 0.938 bits per heavy atom. The second-order valence-corrected chi connectivity index (χ2v) is 9.03. The number of aliphatic carboxylic acids is 1. The third-order valence-electron chi connectivity index (χ3n) is 5.40. The summed E-state index contributed by atoms with van der Waals surface area (Å²) in [6.07, 6.45) is 11.4. The van der Waals surface area contributed by atoms with Gasteiger partial charge in [-0.3, -0.25) is 9.78 Å². The first-order valence-electron chi connectivity index (χ1n) is 11.3. The molecule has 0 amide bonds. The number of pyridine rings is 1. The molecule has 0 saturated heterocycles. The molecule has 3 rings (SSSR count). The Balaban J connectivity index is 1.38. The molecule has 1 aromatic carbocycles. The lowest BCUT2D eigenvalue weighted by Gasteiger charge is -2.15. The number of thioether (sulfide) groups is 1. The van der Waals surface area contributed by atoms with Crippen molar-refractivity contribution in [2.24, 2.45) is 0 Å². The number of unbranched alkanes of at least 4 members (excludes halogenated alkanes) is 5. The molecule has 0 radical (unpaired) electrons. The van der Waals surface area contributed by atoms with Gasteiger partial charge in [0, 0.05) is 18.4 Å². The molecule has 0 saturated carbocycles. The fourth-order valence-corrected chi connectivity index (χ4v) is 4.77. The number of aromatic nitrogens is 5. The van der Waals surface area contributed by atoms with Gasteiger partial charge in [-0.15, -0.1) is 22.0 Å². The molecule has 8 heteroatoms. The molecule has 0 aliphatic carbocycles. The number of tetrazole rings is 1. The Hall–Kier alpha value is -2.74. The molecule has 7 nitrogen and oxygen atoms in total. The van der Waals surface area contributed by atoms with Crippen LogP contribution in [0.15, 0.2) is 48.7 Å². The summed E-state index contributed by atoms with van der Waals surface area (Å²) in [5, 5.41) is 22.9. The molecule has 170 valence electrons. The molecule has 0 aliphatic rings. The van der Waals surface area contributed by atoms with Gasteiger partial charge in [0.05, 0.1) is 5.69 Å². The summed E-state index contributed by atoms with van der Waals surface area (Å²) >= 11 is 1.36. The number of H-pyrrole nitrogens is 1. The minimum Gasteiger partial charge on any atom is -0.480 e. The zero-order chi connectivity index (χ0) is 22.4. The fourth-order valence-electron chi connectivity index (χ4n) is 3.72. The molecule has 0 aliphatic heterocycles. The largest absolute Gasteiger partial charge is 0.480 e. The molecule has 0 bridgehead atoms. The minimum atomic E-state index is -0.860. The Morgan fingerprint density at radius 3 is 2.41 bits per heavy atom. The summed E-state index contributed by atoms with van der Waals surface area (Å²) in [4.78, 5) is 16.3. The molecule has 32 heavy (non-hydrogen) atoms. The zero-order valence-electron chi connectivity index (χ0n) is 18.3. The van der Waals surface area contributed by atoms with E-state index in [4.69, 9.17) is 0 Å². The molecule has 3 aromatic rings. The van der Waals surface area contributed by atoms with E-state index < -0.39 is 11.2 Å². The molecular weight excluding hydrogens is 422 g/mol. The smallest absolute Gasteiger partial charge is 0.322 e. The number of rotatable bonds is 15. The van der Waals surface area contributed by atoms with Gasteiger partial charge in [0.25, 0.3) is 0 Å². The van der Waals surface area contributed by atoms with Crippen molar-refractivity contribution in [1.82, 2.24) is 25.6 Å². The van der Waals surface area contributed by atoms with Crippen LogP contribution in [-0.4, -0.2) is 42.4 Å². The van der Waals surface area contributed by atoms with Crippen molar-refractivity contribution in [3.63, 3.8) is 0 Å². The molecule has 2 N–H and O–H groups in total. The van der Waals surface area contributed by atoms with Crippen molar-refractivity contribution in [3.05, 3.63) is 71.3 Å². The van der Waals surface area contributed by atoms with Gasteiger partial charge >= 0.3 is 5.97 Å². The summed E-state index contributed by atoms with van der Waals surface area (Å²) in [5.41, 5.74) is 3.12. The van der Waals surface area contributed by atoms with Gasteiger partial charge < -0.3 is 5.11 Å². The third kappa shape index (κ3) is 8.07. The molecular formula is C24H31N5O2S. The molecule has 2 aromatic heterocycles. The van der Waals surface area contributed by atoms with E-state index in [1.807, 2.05) is 12.1 Å². The molecule has 1 unspecified atom stereocenters. The van der Waals surface area contributed by atoms with E-state index in [1.54, 1.807) is 6.20 Å². The number of benzene rings is 1. The van der Waals surface area contributed by atoms with Crippen LogP contribution in [-0.2, 0) is 24.1 Å². The standard InChI is InChI=1S/C24H31N5O2S/c30-24(31)23(32-18-16-21-26-28-29-27-21)22-20(15-10-17-25-22)14-9-4-2-1-3-6-11-19-12-7-5-8-13-19/h5,7-8,10,12-13,15,17,23H,1-4,6,9,11,14,16,18H2,(H,30,31)(H,26,27,28,29). The molecule has 0 spiro atoms. The van der Waals surface area contributed by atoms with Gasteiger partial charge in [0.2, 0.25) is 0 Å². The summed E-state index contributed by atoms with van der Waals surface area (Å²) < 4.78 is 0. The van der Waals surface area contributed by atoms with E-state index in [9.17, 15) is 9.90 Å². The molecule has 0 fully saturated rings. The summed E-state index contributed by atoms with van der Waals surface area (Å²) in [6.45, 7) is 0. The number of carboxylic acids is 1. The highest BCUT2D eigenvalue weighted by molar-refractivity contribution is 8.00.